The van der Waals surface area contributed by atoms with Gasteiger partial charge in [0.2, 0.25) is 0 Å². The maximum absolute atomic E-state index is 11.5. The van der Waals surface area contributed by atoms with E-state index in [4.69, 9.17) is 4.74 Å². The van der Waals surface area contributed by atoms with Crippen molar-refractivity contribution in [3.63, 3.8) is 0 Å². The van der Waals surface area contributed by atoms with Gasteiger partial charge in [-0.05, 0) is 32.1 Å². The molecular weight excluding hydrogens is 326 g/mol. The van der Waals surface area contributed by atoms with Crippen LogP contribution in [-0.2, 0) is 9.53 Å². The fourth-order valence-electron chi connectivity index (χ4n) is 3.58. The molecule has 1 unspecified atom stereocenters. The average Bonchev–Trinajstić information content (AvgIpc) is 2.65. The summed E-state index contributed by atoms with van der Waals surface area (Å²) in [5, 5.41) is 9.44. The topological polar surface area (TPSA) is 49.8 Å². The summed E-state index contributed by atoms with van der Waals surface area (Å²) in [6, 6.07) is -0.323. The van der Waals surface area contributed by atoms with Gasteiger partial charge in [-0.3, -0.25) is 9.69 Å². The summed E-state index contributed by atoms with van der Waals surface area (Å²) in [5.74, 6) is -0.676. The second kappa shape index (κ2) is 16.3. The maximum atomic E-state index is 11.5. The van der Waals surface area contributed by atoms with Crippen LogP contribution in [-0.4, -0.2) is 48.3 Å². The van der Waals surface area contributed by atoms with Crippen molar-refractivity contribution in [2.75, 3.05) is 26.3 Å². The second-order valence-electron chi connectivity index (χ2n) is 7.52. The van der Waals surface area contributed by atoms with Crippen LogP contribution < -0.4 is 0 Å². The molecule has 0 aliphatic carbocycles. The lowest BCUT2D eigenvalue weighted by atomic mass is 10.0. The molecule has 0 radical (unpaired) electrons. The van der Waals surface area contributed by atoms with E-state index in [0.29, 0.717) is 13.2 Å². The van der Waals surface area contributed by atoms with Gasteiger partial charge in [-0.1, -0.05) is 70.4 Å². The van der Waals surface area contributed by atoms with Gasteiger partial charge in [-0.2, -0.15) is 0 Å². The first kappa shape index (κ1) is 23.2. The molecule has 4 heteroatoms. The van der Waals surface area contributed by atoms with Crippen LogP contribution >= 0.6 is 0 Å². The molecule has 4 nitrogen and oxygen atoms in total. The lowest BCUT2D eigenvalue weighted by Gasteiger charge is -2.31. The highest BCUT2D eigenvalue weighted by atomic mass is 16.5. The van der Waals surface area contributed by atoms with Crippen LogP contribution in [0.3, 0.4) is 0 Å². The van der Waals surface area contributed by atoms with E-state index >= 15 is 0 Å². The molecule has 1 atom stereocenters. The molecule has 1 fully saturated rings. The van der Waals surface area contributed by atoms with Crippen molar-refractivity contribution in [3.05, 3.63) is 12.2 Å². The lowest BCUT2D eigenvalue weighted by molar-refractivity contribution is -0.145. The predicted molar refractivity (Wildman–Crippen MR) is 109 cm³/mol. The van der Waals surface area contributed by atoms with Crippen molar-refractivity contribution in [2.24, 2.45) is 0 Å². The fraction of sp³-hybridized carbons (Fsp3) is 0.864. The minimum atomic E-state index is -0.676. The van der Waals surface area contributed by atoms with E-state index in [1.807, 2.05) is 0 Å². The number of unbranched alkanes of at least 4 members (excludes halogenated alkanes) is 10. The van der Waals surface area contributed by atoms with E-state index in [9.17, 15) is 9.90 Å². The highest BCUT2D eigenvalue weighted by Gasteiger charge is 2.26. The summed E-state index contributed by atoms with van der Waals surface area (Å²) < 4.78 is 5.32. The Balaban J connectivity index is 1.94. The minimum absolute atomic E-state index is 0.323. The number of aliphatic carboxylic acids is 1. The Hall–Kier alpha value is -0.870. The SMILES string of the molecule is CCCCCCCC/C=C\CCCCCCC(C(=O)O)N1CCOCC1. The number of allylic oxidation sites excluding steroid dienone is 2. The van der Waals surface area contributed by atoms with Gasteiger partial charge in [-0.15, -0.1) is 0 Å². The number of carboxylic acid groups (broad SMARTS) is 1. The smallest absolute Gasteiger partial charge is 0.320 e. The number of carboxylic acids is 1. The molecule has 0 aromatic rings. The van der Waals surface area contributed by atoms with Gasteiger partial charge < -0.3 is 9.84 Å². The minimum Gasteiger partial charge on any atom is -0.480 e. The number of nitrogens with zero attached hydrogens (tertiary/aromatic N) is 1. The molecule has 0 aromatic heterocycles. The van der Waals surface area contributed by atoms with Gasteiger partial charge in [0, 0.05) is 13.1 Å². The Labute approximate surface area is 161 Å². The van der Waals surface area contributed by atoms with Crippen LogP contribution in [0.25, 0.3) is 0 Å². The zero-order chi connectivity index (χ0) is 18.9. The number of ether oxygens (including phenoxy) is 1. The first-order valence-electron chi connectivity index (χ1n) is 10.9. The van der Waals surface area contributed by atoms with E-state index in [-0.39, 0.29) is 6.04 Å². The van der Waals surface area contributed by atoms with Crippen molar-refractivity contribution in [1.29, 1.82) is 0 Å². The van der Waals surface area contributed by atoms with Crippen molar-refractivity contribution in [2.45, 2.75) is 96.4 Å². The van der Waals surface area contributed by atoms with E-state index in [2.05, 4.69) is 24.0 Å². The Morgan fingerprint density at radius 1 is 0.923 bits per heavy atom. The van der Waals surface area contributed by atoms with E-state index in [0.717, 1.165) is 32.4 Å². The summed E-state index contributed by atoms with van der Waals surface area (Å²) in [6.45, 7) is 5.09. The predicted octanol–water partition coefficient (Wildman–Crippen LogP) is 5.42. The monoisotopic (exact) mass is 367 g/mol. The van der Waals surface area contributed by atoms with E-state index in [1.54, 1.807) is 0 Å². The molecule has 1 heterocycles. The zero-order valence-electron chi connectivity index (χ0n) is 17.0. The van der Waals surface area contributed by atoms with Crippen molar-refractivity contribution < 1.29 is 14.6 Å². The molecule has 1 aliphatic rings. The Bertz CT molecular complexity index is 364. The van der Waals surface area contributed by atoms with E-state index < -0.39 is 5.97 Å². The van der Waals surface area contributed by atoms with Crippen molar-refractivity contribution >= 4 is 5.97 Å². The third-order valence-corrected chi connectivity index (χ3v) is 5.26. The quantitative estimate of drug-likeness (QED) is 0.292. The standard InChI is InChI=1S/C22H41NO3/c1-2-3-4-5-6-7-8-9-10-11-12-13-14-15-16-21(22(24)25)23-17-19-26-20-18-23/h9-10,21H,2-8,11-20H2,1H3,(H,24,25)/b10-9-. The number of rotatable bonds is 16. The van der Waals surface area contributed by atoms with Crippen LogP contribution in [0.2, 0.25) is 0 Å². The maximum Gasteiger partial charge on any atom is 0.320 e. The van der Waals surface area contributed by atoms with Crippen molar-refractivity contribution in [3.8, 4) is 0 Å². The Morgan fingerprint density at radius 2 is 1.46 bits per heavy atom. The molecule has 1 aliphatic heterocycles. The molecule has 0 spiro atoms. The number of hydrogen-bond donors (Lipinski definition) is 1. The normalized spacial score (nSPS) is 17.0. The molecular formula is C22H41NO3. The van der Waals surface area contributed by atoms with Crippen LogP contribution in [0.1, 0.15) is 90.4 Å². The third kappa shape index (κ3) is 11.7. The van der Waals surface area contributed by atoms with Crippen LogP contribution in [0, 0.1) is 0 Å². The average molecular weight is 368 g/mol. The van der Waals surface area contributed by atoms with Crippen LogP contribution in [0.5, 0.6) is 0 Å². The fourth-order valence-corrected chi connectivity index (χ4v) is 3.58. The van der Waals surface area contributed by atoms with Gasteiger partial charge in [0.15, 0.2) is 0 Å². The zero-order valence-corrected chi connectivity index (χ0v) is 17.0. The summed E-state index contributed by atoms with van der Waals surface area (Å²) in [5.41, 5.74) is 0. The Morgan fingerprint density at radius 3 is 2.04 bits per heavy atom. The Kier molecular flexibility index (Phi) is 14.5. The summed E-state index contributed by atoms with van der Waals surface area (Å²) in [4.78, 5) is 13.5. The summed E-state index contributed by atoms with van der Waals surface area (Å²) in [7, 11) is 0. The molecule has 0 bridgehead atoms. The molecule has 0 aromatic carbocycles. The van der Waals surface area contributed by atoms with Gasteiger partial charge in [-0.25, -0.2) is 0 Å². The van der Waals surface area contributed by atoms with E-state index in [1.165, 1.54) is 64.2 Å². The van der Waals surface area contributed by atoms with Crippen molar-refractivity contribution in [1.82, 2.24) is 4.90 Å². The largest absolute Gasteiger partial charge is 0.480 e. The first-order valence-corrected chi connectivity index (χ1v) is 10.9. The highest BCUT2D eigenvalue weighted by Crippen LogP contribution is 2.14. The first-order chi connectivity index (χ1) is 12.8. The molecule has 0 amide bonds. The highest BCUT2D eigenvalue weighted by molar-refractivity contribution is 5.73. The number of hydrogen-bond acceptors (Lipinski definition) is 3. The molecule has 1 saturated heterocycles. The van der Waals surface area contributed by atoms with Gasteiger partial charge >= 0.3 is 5.97 Å². The molecule has 1 N–H and O–H groups in total. The molecule has 0 saturated carbocycles. The van der Waals surface area contributed by atoms with Gasteiger partial charge in [0.25, 0.3) is 0 Å². The van der Waals surface area contributed by atoms with Crippen LogP contribution in [0.15, 0.2) is 12.2 Å². The number of morpholine rings is 1. The number of carbonyl (C=O) groups is 1. The molecule has 1 rings (SSSR count). The van der Waals surface area contributed by atoms with Crippen LogP contribution in [0.4, 0.5) is 0 Å². The second-order valence-corrected chi connectivity index (χ2v) is 7.52. The summed E-state index contributed by atoms with van der Waals surface area (Å²) >= 11 is 0. The van der Waals surface area contributed by atoms with Gasteiger partial charge in [0.1, 0.15) is 6.04 Å². The molecule has 152 valence electrons. The van der Waals surface area contributed by atoms with Gasteiger partial charge in [0.05, 0.1) is 13.2 Å². The molecule has 26 heavy (non-hydrogen) atoms. The lowest BCUT2D eigenvalue weighted by Crippen LogP contribution is -2.47. The third-order valence-electron chi connectivity index (χ3n) is 5.26. The summed E-state index contributed by atoms with van der Waals surface area (Å²) in [6.07, 6.45) is 20.6.